The Kier molecular flexibility index (Phi) is 10.2. The van der Waals surface area contributed by atoms with Crippen molar-refractivity contribution in [3.63, 3.8) is 0 Å². The van der Waals surface area contributed by atoms with E-state index in [0.29, 0.717) is 24.7 Å². The number of carbonyl (C=O) groups excluding carboxylic acids is 1. The lowest BCUT2D eigenvalue weighted by Crippen LogP contribution is -2.51. The normalized spacial score (nSPS) is 29.4. The number of aromatic nitrogens is 2. The fourth-order valence-corrected chi connectivity index (χ4v) is 8.56. The number of esters is 1. The lowest BCUT2D eigenvalue weighted by molar-refractivity contribution is -0.142. The highest BCUT2D eigenvalue weighted by Crippen LogP contribution is 2.37. The third-order valence-electron chi connectivity index (χ3n) is 10.5. The van der Waals surface area contributed by atoms with Crippen molar-refractivity contribution in [3.8, 4) is 0 Å². The molecule has 0 bridgehead atoms. The van der Waals surface area contributed by atoms with Gasteiger partial charge in [-0.25, -0.2) is 4.98 Å². The predicted molar refractivity (Wildman–Crippen MR) is 163 cm³/mol. The first-order valence-corrected chi connectivity index (χ1v) is 16.5. The standard InChI is InChI=1S/C34H54N4O2/c1-5-28-14-10-15-29(38(28)26(3)23-27-13-7-6-12-25(2)22-27)19-21-37-31-17-9-8-16-30(31)35-34(37)32-18-11-20-36(32)24-33(39)40-4/h8-9,16-17,25-29,32H,5-7,10-15,18-24H2,1-4H3. The second-order valence-corrected chi connectivity index (χ2v) is 13.3. The van der Waals surface area contributed by atoms with E-state index >= 15 is 0 Å². The van der Waals surface area contributed by atoms with Gasteiger partial charge < -0.3 is 9.30 Å². The summed E-state index contributed by atoms with van der Waals surface area (Å²) in [6.45, 7) is 9.68. The van der Waals surface area contributed by atoms with E-state index in [1.165, 1.54) is 83.3 Å². The molecule has 0 N–H and O–H groups in total. The number of rotatable bonds is 10. The third kappa shape index (κ3) is 6.75. The van der Waals surface area contributed by atoms with Crippen LogP contribution in [0.5, 0.6) is 0 Å². The number of fused-ring (bicyclic) bond motifs is 1. The Balaban J connectivity index is 1.35. The fourth-order valence-electron chi connectivity index (χ4n) is 8.56. The molecule has 0 amide bonds. The molecule has 5 rings (SSSR count). The molecule has 222 valence electrons. The first-order valence-electron chi connectivity index (χ1n) is 16.5. The Bertz CT molecular complexity index is 1100. The van der Waals surface area contributed by atoms with Crippen molar-refractivity contribution in [2.45, 2.75) is 135 Å². The zero-order valence-corrected chi connectivity index (χ0v) is 25.7. The molecule has 1 aromatic heterocycles. The Morgan fingerprint density at radius 2 is 1.85 bits per heavy atom. The molecule has 6 nitrogen and oxygen atoms in total. The maximum Gasteiger partial charge on any atom is 0.319 e. The molecule has 2 aromatic rings. The summed E-state index contributed by atoms with van der Waals surface area (Å²) in [5, 5.41) is 0. The van der Waals surface area contributed by atoms with Gasteiger partial charge in [0.2, 0.25) is 0 Å². The van der Waals surface area contributed by atoms with Gasteiger partial charge >= 0.3 is 5.97 Å². The quantitative estimate of drug-likeness (QED) is 0.228. The van der Waals surface area contributed by atoms with E-state index < -0.39 is 0 Å². The van der Waals surface area contributed by atoms with E-state index in [4.69, 9.17) is 9.72 Å². The summed E-state index contributed by atoms with van der Waals surface area (Å²) in [6.07, 6.45) is 17.1. The summed E-state index contributed by atoms with van der Waals surface area (Å²) in [4.78, 5) is 22.6. The van der Waals surface area contributed by atoms with Gasteiger partial charge in [0.15, 0.2) is 0 Å². The maximum atomic E-state index is 12.2. The molecule has 6 atom stereocenters. The Labute approximate surface area is 242 Å². The van der Waals surface area contributed by atoms with Gasteiger partial charge in [-0.3, -0.25) is 14.6 Å². The van der Waals surface area contributed by atoms with Crippen LogP contribution in [0.3, 0.4) is 0 Å². The molecule has 3 fully saturated rings. The fraction of sp³-hybridized carbons (Fsp3) is 0.765. The van der Waals surface area contributed by atoms with E-state index in [9.17, 15) is 4.79 Å². The van der Waals surface area contributed by atoms with Crippen molar-refractivity contribution in [1.82, 2.24) is 19.4 Å². The zero-order chi connectivity index (χ0) is 28.1. The number of ether oxygens (including phenoxy) is 1. The lowest BCUT2D eigenvalue weighted by atomic mass is 9.85. The summed E-state index contributed by atoms with van der Waals surface area (Å²) < 4.78 is 7.52. The number of nitrogens with zero attached hydrogens (tertiary/aromatic N) is 4. The van der Waals surface area contributed by atoms with Gasteiger partial charge in [-0.05, 0) is 88.8 Å². The van der Waals surface area contributed by atoms with Crippen LogP contribution in [0.25, 0.3) is 11.0 Å². The van der Waals surface area contributed by atoms with Crippen LogP contribution in [-0.2, 0) is 16.1 Å². The molecular formula is C34H54N4O2. The number of benzene rings is 1. The maximum absolute atomic E-state index is 12.2. The Morgan fingerprint density at radius 3 is 2.67 bits per heavy atom. The molecule has 40 heavy (non-hydrogen) atoms. The Morgan fingerprint density at radius 1 is 1.05 bits per heavy atom. The molecule has 6 unspecified atom stereocenters. The van der Waals surface area contributed by atoms with Crippen LogP contribution in [0.4, 0.5) is 0 Å². The van der Waals surface area contributed by atoms with Crippen molar-refractivity contribution < 1.29 is 9.53 Å². The van der Waals surface area contributed by atoms with Gasteiger partial charge in [-0.2, -0.15) is 0 Å². The van der Waals surface area contributed by atoms with Crippen LogP contribution in [0, 0.1) is 11.8 Å². The van der Waals surface area contributed by atoms with Crippen molar-refractivity contribution in [1.29, 1.82) is 0 Å². The molecule has 2 aliphatic heterocycles. The van der Waals surface area contributed by atoms with Gasteiger partial charge in [0.1, 0.15) is 5.82 Å². The van der Waals surface area contributed by atoms with Crippen LogP contribution in [0.15, 0.2) is 24.3 Å². The number of hydrogen-bond acceptors (Lipinski definition) is 5. The van der Waals surface area contributed by atoms with Crippen LogP contribution in [0.1, 0.15) is 116 Å². The predicted octanol–water partition coefficient (Wildman–Crippen LogP) is 7.36. The molecule has 1 saturated carbocycles. The molecule has 1 aromatic carbocycles. The number of hydrogen-bond donors (Lipinski definition) is 0. The molecular weight excluding hydrogens is 496 g/mol. The van der Waals surface area contributed by atoms with Gasteiger partial charge in [0.05, 0.1) is 30.7 Å². The smallest absolute Gasteiger partial charge is 0.319 e. The monoisotopic (exact) mass is 550 g/mol. The van der Waals surface area contributed by atoms with Crippen LogP contribution < -0.4 is 0 Å². The average Bonchev–Trinajstić information content (AvgIpc) is 3.51. The van der Waals surface area contributed by atoms with E-state index in [-0.39, 0.29) is 12.0 Å². The minimum Gasteiger partial charge on any atom is -0.468 e. The number of aryl methyl sites for hydroxylation is 1. The van der Waals surface area contributed by atoms with E-state index in [2.05, 4.69) is 59.4 Å². The minimum atomic E-state index is -0.157. The largest absolute Gasteiger partial charge is 0.468 e. The van der Waals surface area contributed by atoms with Gasteiger partial charge in [-0.1, -0.05) is 58.1 Å². The number of piperidine rings is 1. The highest BCUT2D eigenvalue weighted by atomic mass is 16.5. The number of carbonyl (C=O) groups is 1. The van der Waals surface area contributed by atoms with Crippen molar-refractivity contribution in [2.75, 3.05) is 20.2 Å². The molecule has 3 heterocycles. The molecule has 3 aliphatic rings. The van der Waals surface area contributed by atoms with Gasteiger partial charge in [0, 0.05) is 24.7 Å². The molecule has 6 heteroatoms. The highest BCUT2D eigenvalue weighted by Gasteiger charge is 2.36. The van der Waals surface area contributed by atoms with E-state index in [1.807, 2.05) is 0 Å². The molecule has 2 saturated heterocycles. The molecule has 0 spiro atoms. The summed E-state index contributed by atoms with van der Waals surface area (Å²) in [5.74, 6) is 2.76. The van der Waals surface area contributed by atoms with Crippen molar-refractivity contribution in [2.24, 2.45) is 11.8 Å². The topological polar surface area (TPSA) is 50.6 Å². The summed E-state index contributed by atoms with van der Waals surface area (Å²) in [6, 6.07) is 10.8. The van der Waals surface area contributed by atoms with Crippen LogP contribution >= 0.6 is 0 Å². The number of imidazole rings is 1. The second kappa shape index (κ2) is 13.8. The molecule has 0 radical (unpaired) electrons. The van der Waals surface area contributed by atoms with Crippen LogP contribution in [-0.4, -0.2) is 63.6 Å². The van der Waals surface area contributed by atoms with Crippen molar-refractivity contribution in [3.05, 3.63) is 30.1 Å². The summed E-state index contributed by atoms with van der Waals surface area (Å²) in [5.41, 5.74) is 2.31. The van der Waals surface area contributed by atoms with Gasteiger partial charge in [0.25, 0.3) is 0 Å². The number of para-hydroxylation sites is 2. The first kappa shape index (κ1) is 29.6. The first-order chi connectivity index (χ1) is 19.5. The van der Waals surface area contributed by atoms with Crippen LogP contribution in [0.2, 0.25) is 0 Å². The Hall–Kier alpha value is -1.92. The summed E-state index contributed by atoms with van der Waals surface area (Å²) >= 11 is 0. The van der Waals surface area contributed by atoms with Gasteiger partial charge in [-0.15, -0.1) is 0 Å². The SMILES string of the molecule is CCC1CCCC(CCn2c(C3CCCN3CC(=O)OC)nc3ccccc32)N1C(C)CC1CCCCC(C)C1. The third-order valence-corrected chi connectivity index (χ3v) is 10.5. The van der Waals surface area contributed by atoms with E-state index in [0.717, 1.165) is 49.1 Å². The second-order valence-electron chi connectivity index (χ2n) is 13.3. The molecule has 1 aliphatic carbocycles. The number of likely N-dealkylation sites (tertiary alicyclic amines) is 2. The van der Waals surface area contributed by atoms with E-state index in [1.54, 1.807) is 0 Å². The summed E-state index contributed by atoms with van der Waals surface area (Å²) in [7, 11) is 1.49. The zero-order valence-electron chi connectivity index (χ0n) is 25.7. The highest BCUT2D eigenvalue weighted by molar-refractivity contribution is 5.76. The van der Waals surface area contributed by atoms with Crippen molar-refractivity contribution >= 4 is 17.0 Å². The average molecular weight is 551 g/mol. The number of methoxy groups -OCH3 is 1. The minimum absolute atomic E-state index is 0.157. The lowest BCUT2D eigenvalue weighted by Gasteiger charge is -2.47.